The Bertz CT molecular complexity index is 80.5. The van der Waals surface area contributed by atoms with E-state index in [9.17, 15) is 0 Å². The third kappa shape index (κ3) is 5.16. The Hall–Kier alpha value is 1.02. The summed E-state index contributed by atoms with van der Waals surface area (Å²) >= 11 is 0. The van der Waals surface area contributed by atoms with Crippen molar-refractivity contribution in [2.45, 2.75) is 0 Å². The van der Waals surface area contributed by atoms with Gasteiger partial charge < -0.3 is 0 Å². The first-order chi connectivity index (χ1) is 3.00. The van der Waals surface area contributed by atoms with Gasteiger partial charge in [-0.25, -0.2) is 0 Å². The average molecular weight is 191 g/mol. The van der Waals surface area contributed by atoms with E-state index >= 15 is 0 Å². The van der Waals surface area contributed by atoms with Gasteiger partial charge in [-0.3, -0.25) is 0 Å². The van der Waals surface area contributed by atoms with Crippen molar-refractivity contribution in [3.8, 4) is 0 Å². The number of benzene rings is 1. The van der Waals surface area contributed by atoms with Crippen LogP contribution in [0.15, 0.2) is 36.4 Å². The summed E-state index contributed by atoms with van der Waals surface area (Å²) in [5, 5.41) is 0. The Morgan fingerprint density at radius 1 is 0.500 bits per heavy atom. The number of hydrogen-bond acceptors (Lipinski definition) is 0. The van der Waals surface area contributed by atoms with Crippen molar-refractivity contribution in [1.29, 1.82) is 0 Å². The molecule has 0 aliphatic carbocycles. The Morgan fingerprint density at radius 2 is 0.625 bits per heavy atom. The summed E-state index contributed by atoms with van der Waals surface area (Å²) < 4.78 is 0. The second-order valence-corrected chi connectivity index (χ2v) is 1.15. The van der Waals surface area contributed by atoms with Crippen molar-refractivity contribution in [2.75, 3.05) is 0 Å². The van der Waals surface area contributed by atoms with Crippen molar-refractivity contribution in [1.82, 2.24) is 0 Å². The number of rotatable bonds is 0. The average Bonchev–Trinajstić information content (AvgIpc) is 1.72. The molecule has 0 fully saturated rings. The van der Waals surface area contributed by atoms with Crippen molar-refractivity contribution < 1.29 is 37.7 Å². The normalized spacial score (nSPS) is 6.00. The van der Waals surface area contributed by atoms with Crippen LogP contribution < -0.4 is 0 Å². The summed E-state index contributed by atoms with van der Waals surface area (Å²) in [5.41, 5.74) is 0. The Labute approximate surface area is 90.6 Å². The molecule has 0 saturated carbocycles. The molecule has 0 unspecified atom stereocenters. The van der Waals surface area contributed by atoms with E-state index in [0.29, 0.717) is 0 Å². The predicted molar refractivity (Wildman–Crippen MR) is 32.2 cm³/mol. The van der Waals surface area contributed by atoms with Gasteiger partial charge in [0, 0.05) is 55.3 Å². The van der Waals surface area contributed by atoms with Crippen LogP contribution in [0.1, 0.15) is 0 Å². The van der Waals surface area contributed by atoms with Gasteiger partial charge in [0.1, 0.15) is 0 Å². The van der Waals surface area contributed by atoms with Crippen LogP contribution >= 0.6 is 0 Å². The van der Waals surface area contributed by atoms with Crippen LogP contribution in [-0.2, 0) is 0 Å². The summed E-state index contributed by atoms with van der Waals surface area (Å²) in [6.07, 6.45) is 0. The van der Waals surface area contributed by atoms with Gasteiger partial charge in [0.2, 0.25) is 0 Å². The van der Waals surface area contributed by atoms with Gasteiger partial charge in [-0.1, -0.05) is 36.4 Å². The van der Waals surface area contributed by atoms with E-state index in [1.165, 1.54) is 0 Å². The van der Waals surface area contributed by atoms with Gasteiger partial charge >= 0.3 is 0 Å². The van der Waals surface area contributed by atoms with Crippen molar-refractivity contribution >= 4 is 17.6 Å². The van der Waals surface area contributed by atoms with E-state index in [2.05, 4.69) is 0 Å². The Balaban J connectivity index is 0. The molecular formula is C6H6ArGe. The van der Waals surface area contributed by atoms with Crippen LogP contribution in [0.25, 0.3) is 0 Å². The quantitative estimate of drug-likeness (QED) is 0.542. The van der Waals surface area contributed by atoms with Crippen LogP contribution in [0.4, 0.5) is 0 Å². The van der Waals surface area contributed by atoms with Crippen LogP contribution in [-0.4, -0.2) is 17.6 Å². The largest absolute Gasteiger partial charge is 0.0623 e. The van der Waals surface area contributed by atoms with E-state index in [4.69, 9.17) is 0 Å². The predicted octanol–water partition coefficient (Wildman–Crippen LogP) is 1.31. The van der Waals surface area contributed by atoms with Gasteiger partial charge in [0.25, 0.3) is 0 Å². The molecule has 0 nitrogen and oxygen atoms in total. The molecule has 0 saturated heterocycles. The van der Waals surface area contributed by atoms with E-state index in [-0.39, 0.29) is 55.3 Å². The molecule has 0 bridgehead atoms. The van der Waals surface area contributed by atoms with E-state index in [1.807, 2.05) is 36.4 Å². The van der Waals surface area contributed by atoms with E-state index in [0.717, 1.165) is 0 Å². The maximum absolute atomic E-state index is 2.00. The minimum absolute atomic E-state index is 0. The van der Waals surface area contributed by atoms with Crippen molar-refractivity contribution in [3.05, 3.63) is 36.4 Å². The van der Waals surface area contributed by atoms with Gasteiger partial charge in [-0.15, -0.1) is 0 Å². The molecule has 0 aromatic heterocycles. The first kappa shape index (κ1) is 11.8. The minimum Gasteiger partial charge on any atom is -0.0623 e. The number of hydrogen-bond donors (Lipinski definition) is 0. The molecule has 4 radical (unpaired) electrons. The van der Waals surface area contributed by atoms with Gasteiger partial charge in [-0.05, 0) is 0 Å². The molecule has 8 heavy (non-hydrogen) atoms. The summed E-state index contributed by atoms with van der Waals surface area (Å²) in [5.74, 6) is 0. The summed E-state index contributed by atoms with van der Waals surface area (Å²) in [4.78, 5) is 0. The minimum atomic E-state index is 0. The first-order valence-electron chi connectivity index (χ1n) is 2.00. The van der Waals surface area contributed by atoms with Crippen LogP contribution in [0, 0.1) is 37.7 Å². The molecule has 2 heteroatoms. The molecule has 42 valence electrons. The molecule has 0 aliphatic rings. The fourth-order valence-electron chi connectivity index (χ4n) is 0.385. The van der Waals surface area contributed by atoms with Crippen molar-refractivity contribution in [3.63, 3.8) is 0 Å². The molecule has 0 aliphatic heterocycles. The molecule has 0 amide bonds. The monoisotopic (exact) mass is 192 g/mol. The van der Waals surface area contributed by atoms with Gasteiger partial charge in [0.15, 0.2) is 0 Å². The molecular weight excluding hydrogens is 185 g/mol. The van der Waals surface area contributed by atoms with E-state index < -0.39 is 0 Å². The van der Waals surface area contributed by atoms with Crippen LogP contribution in [0.3, 0.4) is 0 Å². The topological polar surface area (TPSA) is 0 Å². The first-order valence-corrected chi connectivity index (χ1v) is 2.00. The van der Waals surface area contributed by atoms with Crippen LogP contribution in [0.5, 0.6) is 0 Å². The van der Waals surface area contributed by atoms with Crippen LogP contribution in [0.2, 0.25) is 0 Å². The van der Waals surface area contributed by atoms with E-state index in [1.54, 1.807) is 0 Å². The standard InChI is InChI=1S/C6H6.Ar.Ge/c1-2-4-6-5-3-1;;/h1-6H;;. The van der Waals surface area contributed by atoms with Gasteiger partial charge in [0.05, 0.1) is 0 Å². The fraction of sp³-hybridized carbons (Fsp3) is 0. The molecule has 0 atom stereocenters. The molecule has 0 spiro atoms. The summed E-state index contributed by atoms with van der Waals surface area (Å²) in [6, 6.07) is 12.0. The molecule has 1 aromatic rings. The zero-order chi connectivity index (χ0) is 4.24. The zero-order valence-electron chi connectivity index (χ0n) is 4.32. The van der Waals surface area contributed by atoms with Gasteiger partial charge in [-0.2, -0.15) is 0 Å². The third-order valence-corrected chi connectivity index (χ3v) is 0.667. The molecule has 0 heterocycles. The second kappa shape index (κ2) is 8.02. The van der Waals surface area contributed by atoms with Crippen molar-refractivity contribution in [2.24, 2.45) is 0 Å². The SMILES string of the molecule is [Ar].[Ge].c1ccccc1. The molecule has 1 aromatic carbocycles. The maximum atomic E-state index is 2.00. The fourth-order valence-corrected chi connectivity index (χ4v) is 0.385. The third-order valence-electron chi connectivity index (χ3n) is 0.667. The summed E-state index contributed by atoms with van der Waals surface area (Å²) in [7, 11) is 0. The molecule has 1 rings (SSSR count). The summed E-state index contributed by atoms with van der Waals surface area (Å²) in [6.45, 7) is 0. The Morgan fingerprint density at radius 3 is 0.750 bits per heavy atom. The smallest absolute Gasteiger partial charge is 0 e. The molecule has 0 N–H and O–H groups in total. The maximum Gasteiger partial charge on any atom is 0 e. The Kier molecular flexibility index (Phi) is 11.8. The second-order valence-electron chi connectivity index (χ2n) is 1.15. The zero-order valence-corrected chi connectivity index (χ0v) is 7.12.